The average Bonchev–Trinajstić information content (AvgIpc) is 3.41. The third kappa shape index (κ3) is 2.38. The maximum Gasteiger partial charge on any atom is 0.226 e. The van der Waals surface area contributed by atoms with Crippen molar-refractivity contribution in [2.45, 2.75) is 51.0 Å². The lowest BCUT2D eigenvalue weighted by molar-refractivity contribution is -0.116. The first-order valence-corrected chi connectivity index (χ1v) is 9.19. The van der Waals surface area contributed by atoms with Crippen LogP contribution in [0.15, 0.2) is 28.8 Å². The zero-order chi connectivity index (χ0) is 17.7. The Labute approximate surface area is 150 Å². The third-order valence-electron chi connectivity index (χ3n) is 5.53. The molecule has 0 bridgehead atoms. The van der Waals surface area contributed by atoms with Gasteiger partial charge in [0.05, 0.1) is 17.7 Å². The lowest BCUT2D eigenvalue weighted by Gasteiger charge is -2.24. The van der Waals surface area contributed by atoms with E-state index in [1.54, 1.807) is 6.20 Å². The van der Waals surface area contributed by atoms with Gasteiger partial charge in [-0.3, -0.25) is 9.89 Å². The SMILES string of the molecule is Cc1nn(C2CCCC2)c2c1[C@@H](c1ccc(-c3ccn[nH]3)o1)CC(=O)N2. The van der Waals surface area contributed by atoms with Gasteiger partial charge in [-0.15, -0.1) is 0 Å². The van der Waals surface area contributed by atoms with Crippen molar-refractivity contribution in [2.75, 3.05) is 5.32 Å². The smallest absolute Gasteiger partial charge is 0.226 e. The summed E-state index contributed by atoms with van der Waals surface area (Å²) in [5, 5.41) is 14.7. The maximum absolute atomic E-state index is 12.4. The summed E-state index contributed by atoms with van der Waals surface area (Å²) in [6.45, 7) is 2.02. The number of hydrogen-bond acceptors (Lipinski definition) is 4. The molecule has 2 N–H and O–H groups in total. The van der Waals surface area contributed by atoms with Gasteiger partial charge in [-0.1, -0.05) is 12.8 Å². The molecule has 1 atom stereocenters. The van der Waals surface area contributed by atoms with Crippen LogP contribution in [-0.2, 0) is 4.79 Å². The molecule has 134 valence electrons. The summed E-state index contributed by atoms with van der Waals surface area (Å²) >= 11 is 0. The summed E-state index contributed by atoms with van der Waals surface area (Å²) in [5.74, 6) is 2.28. The van der Waals surface area contributed by atoms with Gasteiger partial charge in [0.15, 0.2) is 5.76 Å². The van der Waals surface area contributed by atoms with Crippen LogP contribution in [0.5, 0.6) is 0 Å². The Morgan fingerprint density at radius 1 is 1.23 bits per heavy atom. The molecule has 0 aromatic carbocycles. The van der Waals surface area contributed by atoms with Gasteiger partial charge in [0.2, 0.25) is 5.91 Å². The molecular formula is C19H21N5O2. The van der Waals surface area contributed by atoms with Gasteiger partial charge in [-0.2, -0.15) is 10.2 Å². The largest absolute Gasteiger partial charge is 0.459 e. The van der Waals surface area contributed by atoms with Crippen LogP contribution in [0.2, 0.25) is 0 Å². The Morgan fingerprint density at radius 2 is 2.08 bits per heavy atom. The second kappa shape index (κ2) is 5.86. The molecule has 1 aliphatic carbocycles. The zero-order valence-electron chi connectivity index (χ0n) is 14.7. The van der Waals surface area contributed by atoms with Gasteiger partial charge in [0, 0.05) is 18.2 Å². The maximum atomic E-state index is 12.4. The Balaban J connectivity index is 1.57. The van der Waals surface area contributed by atoms with Crippen molar-refractivity contribution in [2.24, 2.45) is 0 Å². The highest BCUT2D eigenvalue weighted by molar-refractivity contribution is 5.94. The Bertz CT molecular complexity index is 947. The van der Waals surface area contributed by atoms with Crippen molar-refractivity contribution in [3.8, 4) is 11.5 Å². The predicted molar refractivity (Wildman–Crippen MR) is 95.8 cm³/mol. The van der Waals surface area contributed by atoms with Crippen LogP contribution in [0.25, 0.3) is 11.5 Å². The molecule has 3 aromatic heterocycles. The average molecular weight is 351 g/mol. The minimum Gasteiger partial charge on any atom is -0.459 e. The summed E-state index contributed by atoms with van der Waals surface area (Å²) < 4.78 is 8.12. The van der Waals surface area contributed by atoms with Crippen LogP contribution in [0.4, 0.5) is 5.82 Å². The number of amides is 1. The molecule has 2 aliphatic rings. The quantitative estimate of drug-likeness (QED) is 0.752. The minimum atomic E-state index is -0.106. The van der Waals surface area contributed by atoms with E-state index in [-0.39, 0.29) is 11.8 Å². The molecule has 3 aromatic rings. The molecule has 26 heavy (non-hydrogen) atoms. The number of H-pyrrole nitrogens is 1. The number of aromatic nitrogens is 4. The number of nitrogens with one attached hydrogen (secondary N) is 2. The second-order valence-corrected chi connectivity index (χ2v) is 7.21. The van der Waals surface area contributed by atoms with Gasteiger partial charge < -0.3 is 9.73 Å². The summed E-state index contributed by atoms with van der Waals surface area (Å²) in [6, 6.07) is 6.13. The van der Waals surface area contributed by atoms with E-state index in [9.17, 15) is 4.79 Å². The Morgan fingerprint density at radius 3 is 2.85 bits per heavy atom. The molecule has 0 saturated heterocycles. The molecule has 1 aliphatic heterocycles. The topological polar surface area (TPSA) is 88.7 Å². The minimum absolute atomic E-state index is 0.0149. The highest BCUT2D eigenvalue weighted by atomic mass is 16.3. The van der Waals surface area contributed by atoms with Crippen molar-refractivity contribution in [3.05, 3.63) is 41.4 Å². The van der Waals surface area contributed by atoms with Gasteiger partial charge in [-0.25, -0.2) is 4.68 Å². The van der Waals surface area contributed by atoms with Gasteiger partial charge in [-0.05, 0) is 38.0 Å². The van der Waals surface area contributed by atoms with E-state index in [1.165, 1.54) is 12.8 Å². The van der Waals surface area contributed by atoms with E-state index < -0.39 is 0 Å². The number of aryl methyl sites for hydroxylation is 1. The fourth-order valence-electron chi connectivity index (χ4n) is 4.31. The van der Waals surface area contributed by atoms with Gasteiger partial charge in [0.25, 0.3) is 0 Å². The molecule has 5 rings (SSSR count). The summed E-state index contributed by atoms with van der Waals surface area (Å²) in [7, 11) is 0. The summed E-state index contributed by atoms with van der Waals surface area (Å²) in [6.07, 6.45) is 6.76. The number of nitrogens with zero attached hydrogens (tertiary/aromatic N) is 3. The molecule has 1 saturated carbocycles. The molecule has 0 unspecified atom stereocenters. The first-order valence-electron chi connectivity index (χ1n) is 9.19. The molecule has 0 spiro atoms. The van der Waals surface area contributed by atoms with Crippen molar-refractivity contribution >= 4 is 11.7 Å². The number of rotatable bonds is 3. The van der Waals surface area contributed by atoms with Crippen LogP contribution in [0.3, 0.4) is 0 Å². The van der Waals surface area contributed by atoms with E-state index in [0.717, 1.165) is 47.1 Å². The number of carbonyl (C=O) groups excluding carboxylic acids is 1. The summed E-state index contributed by atoms with van der Waals surface area (Å²) in [5.41, 5.74) is 2.88. The first kappa shape index (κ1) is 15.4. The number of furan rings is 1. The zero-order valence-corrected chi connectivity index (χ0v) is 14.7. The lowest BCUT2D eigenvalue weighted by Crippen LogP contribution is -2.25. The molecule has 7 heteroatoms. The van der Waals surface area contributed by atoms with Crippen LogP contribution in [-0.4, -0.2) is 25.9 Å². The van der Waals surface area contributed by atoms with Crippen molar-refractivity contribution in [1.82, 2.24) is 20.0 Å². The molecule has 4 heterocycles. The van der Waals surface area contributed by atoms with Crippen LogP contribution in [0, 0.1) is 6.92 Å². The predicted octanol–water partition coefficient (Wildman–Crippen LogP) is 3.76. The summed E-state index contributed by atoms with van der Waals surface area (Å²) in [4.78, 5) is 12.4. The number of carbonyl (C=O) groups is 1. The molecule has 7 nitrogen and oxygen atoms in total. The second-order valence-electron chi connectivity index (χ2n) is 7.21. The highest BCUT2D eigenvalue weighted by Gasteiger charge is 2.36. The van der Waals surface area contributed by atoms with Crippen LogP contribution >= 0.6 is 0 Å². The van der Waals surface area contributed by atoms with E-state index in [0.29, 0.717) is 12.5 Å². The van der Waals surface area contributed by atoms with Crippen LogP contribution in [0.1, 0.15) is 61.1 Å². The van der Waals surface area contributed by atoms with E-state index >= 15 is 0 Å². The fraction of sp³-hybridized carbons (Fsp3) is 0.421. The normalized spacial score (nSPS) is 20.3. The third-order valence-corrected chi connectivity index (χ3v) is 5.53. The van der Waals surface area contributed by atoms with Gasteiger partial charge >= 0.3 is 0 Å². The number of aromatic amines is 1. The number of anilines is 1. The van der Waals surface area contributed by atoms with E-state index in [2.05, 4.69) is 15.5 Å². The van der Waals surface area contributed by atoms with Gasteiger partial charge in [0.1, 0.15) is 17.3 Å². The van der Waals surface area contributed by atoms with Crippen molar-refractivity contribution in [3.63, 3.8) is 0 Å². The lowest BCUT2D eigenvalue weighted by atomic mass is 9.90. The number of hydrogen-bond donors (Lipinski definition) is 2. The van der Waals surface area contributed by atoms with Crippen molar-refractivity contribution < 1.29 is 9.21 Å². The standard InChI is InChI=1S/C19H21N5O2/c1-11-18-13(15-6-7-16(26-15)14-8-9-20-22-14)10-17(25)21-19(18)24(23-11)12-4-2-3-5-12/h6-9,12-13H,2-5,10H2,1H3,(H,20,22)(H,21,25)/t13-/m1/s1. The van der Waals surface area contributed by atoms with E-state index in [4.69, 9.17) is 9.52 Å². The van der Waals surface area contributed by atoms with Crippen LogP contribution < -0.4 is 5.32 Å². The monoisotopic (exact) mass is 351 g/mol. The van der Waals surface area contributed by atoms with Crippen molar-refractivity contribution in [1.29, 1.82) is 0 Å². The van der Waals surface area contributed by atoms with E-state index in [1.807, 2.05) is 29.8 Å². The molecule has 1 fully saturated rings. The fourth-order valence-corrected chi connectivity index (χ4v) is 4.31. The Kier molecular flexibility index (Phi) is 3.48. The molecular weight excluding hydrogens is 330 g/mol. The highest BCUT2D eigenvalue weighted by Crippen LogP contribution is 2.43. The Hall–Kier alpha value is -2.83. The molecule has 1 amide bonds. The number of fused-ring (bicyclic) bond motifs is 1. The molecule has 0 radical (unpaired) electrons. The first-order chi connectivity index (χ1) is 12.7.